The number of rotatable bonds is 4. The standard InChI is InChI=1S/C12H12N2O5S/c1-7-3-4-9(12(15)16)5-10(7)20(17,18)6-11-14-13-8(2)19-11/h3-5H,6H2,1-2H3,(H,15,16). The highest BCUT2D eigenvalue weighted by Crippen LogP contribution is 2.21. The van der Waals surface area contributed by atoms with E-state index >= 15 is 0 Å². The van der Waals surface area contributed by atoms with Crippen LogP contribution in [0.15, 0.2) is 27.5 Å². The highest BCUT2D eigenvalue weighted by Gasteiger charge is 2.22. The zero-order valence-corrected chi connectivity index (χ0v) is 11.6. The number of hydrogen-bond donors (Lipinski definition) is 1. The zero-order chi connectivity index (χ0) is 14.9. The van der Waals surface area contributed by atoms with Gasteiger partial charge in [-0.25, -0.2) is 13.2 Å². The van der Waals surface area contributed by atoms with Crippen LogP contribution in [-0.2, 0) is 15.6 Å². The van der Waals surface area contributed by atoms with Crippen molar-refractivity contribution >= 4 is 15.8 Å². The second-order valence-corrected chi connectivity index (χ2v) is 6.22. The first-order valence-electron chi connectivity index (χ1n) is 5.65. The normalized spacial score (nSPS) is 11.5. The number of hydrogen-bond acceptors (Lipinski definition) is 6. The van der Waals surface area contributed by atoms with E-state index in [1.807, 2.05) is 0 Å². The fourth-order valence-electron chi connectivity index (χ4n) is 1.70. The summed E-state index contributed by atoms with van der Waals surface area (Å²) in [5, 5.41) is 16.1. The van der Waals surface area contributed by atoms with Gasteiger partial charge in [-0.15, -0.1) is 10.2 Å². The van der Waals surface area contributed by atoms with Crippen LogP contribution in [0.25, 0.3) is 0 Å². The molecule has 7 nitrogen and oxygen atoms in total. The number of aromatic nitrogens is 2. The van der Waals surface area contributed by atoms with Gasteiger partial charge in [0.2, 0.25) is 11.8 Å². The van der Waals surface area contributed by atoms with E-state index in [2.05, 4.69) is 10.2 Å². The largest absolute Gasteiger partial charge is 0.478 e. The van der Waals surface area contributed by atoms with Crippen LogP contribution in [0.3, 0.4) is 0 Å². The van der Waals surface area contributed by atoms with Crippen molar-refractivity contribution in [3.63, 3.8) is 0 Å². The smallest absolute Gasteiger partial charge is 0.335 e. The number of aryl methyl sites for hydroxylation is 2. The first kappa shape index (κ1) is 14.2. The van der Waals surface area contributed by atoms with Crippen LogP contribution in [0.1, 0.15) is 27.7 Å². The minimum absolute atomic E-state index is 0.0253. The fourth-order valence-corrected chi connectivity index (χ4v) is 3.17. The van der Waals surface area contributed by atoms with Crippen molar-refractivity contribution in [1.29, 1.82) is 0 Å². The summed E-state index contributed by atoms with van der Waals surface area (Å²) in [6.07, 6.45) is 0. The molecule has 0 bridgehead atoms. The summed E-state index contributed by atoms with van der Waals surface area (Å²) in [4.78, 5) is 10.9. The maximum absolute atomic E-state index is 12.3. The molecule has 0 saturated heterocycles. The van der Waals surface area contributed by atoms with Crippen LogP contribution >= 0.6 is 0 Å². The van der Waals surface area contributed by atoms with E-state index in [1.165, 1.54) is 12.1 Å². The summed E-state index contributed by atoms with van der Waals surface area (Å²) in [5.74, 6) is -1.40. The molecular weight excluding hydrogens is 284 g/mol. The lowest BCUT2D eigenvalue weighted by Gasteiger charge is -2.07. The zero-order valence-electron chi connectivity index (χ0n) is 10.8. The number of carbonyl (C=O) groups is 1. The molecule has 0 fully saturated rings. The van der Waals surface area contributed by atoms with Crippen LogP contribution in [0.5, 0.6) is 0 Å². The molecule has 0 atom stereocenters. The maximum atomic E-state index is 12.3. The summed E-state index contributed by atoms with van der Waals surface area (Å²) >= 11 is 0. The molecule has 106 valence electrons. The van der Waals surface area contributed by atoms with E-state index in [4.69, 9.17) is 9.52 Å². The molecule has 0 unspecified atom stereocenters. The highest BCUT2D eigenvalue weighted by atomic mass is 32.2. The van der Waals surface area contributed by atoms with Crippen LogP contribution in [0.4, 0.5) is 0 Å². The van der Waals surface area contributed by atoms with Gasteiger partial charge >= 0.3 is 5.97 Å². The Morgan fingerprint density at radius 2 is 2.00 bits per heavy atom. The second kappa shape index (κ2) is 5.04. The second-order valence-electron chi connectivity index (χ2n) is 4.26. The number of sulfone groups is 1. The highest BCUT2D eigenvalue weighted by molar-refractivity contribution is 7.90. The Bertz CT molecular complexity index is 764. The van der Waals surface area contributed by atoms with Gasteiger partial charge in [-0.05, 0) is 24.6 Å². The Kier molecular flexibility index (Phi) is 3.58. The van der Waals surface area contributed by atoms with E-state index in [-0.39, 0.29) is 22.2 Å². The van der Waals surface area contributed by atoms with E-state index < -0.39 is 21.6 Å². The average molecular weight is 296 g/mol. The number of aromatic carboxylic acids is 1. The SMILES string of the molecule is Cc1nnc(CS(=O)(=O)c2cc(C(=O)O)ccc2C)o1. The third-order valence-electron chi connectivity index (χ3n) is 2.65. The van der Waals surface area contributed by atoms with Crippen molar-refractivity contribution in [3.8, 4) is 0 Å². The van der Waals surface area contributed by atoms with E-state index in [0.29, 0.717) is 5.56 Å². The number of carboxylic acids is 1. The maximum Gasteiger partial charge on any atom is 0.335 e. The average Bonchev–Trinajstić information content (AvgIpc) is 2.73. The number of benzene rings is 1. The lowest BCUT2D eigenvalue weighted by atomic mass is 10.1. The van der Waals surface area contributed by atoms with Gasteiger partial charge < -0.3 is 9.52 Å². The van der Waals surface area contributed by atoms with Crippen LogP contribution in [0, 0.1) is 13.8 Å². The molecule has 1 aromatic heterocycles. The molecule has 8 heteroatoms. The summed E-state index contributed by atoms with van der Waals surface area (Å²) in [6.45, 7) is 3.15. The minimum Gasteiger partial charge on any atom is -0.478 e. The molecule has 2 aromatic rings. The van der Waals surface area contributed by atoms with Gasteiger partial charge in [0.1, 0.15) is 5.75 Å². The predicted molar refractivity (Wildman–Crippen MR) is 68.1 cm³/mol. The molecule has 0 aliphatic rings. The van der Waals surface area contributed by atoms with Gasteiger partial charge in [0.05, 0.1) is 10.5 Å². The van der Waals surface area contributed by atoms with Gasteiger partial charge in [0.15, 0.2) is 9.84 Å². The van der Waals surface area contributed by atoms with Crippen molar-refractivity contribution < 1.29 is 22.7 Å². The number of nitrogens with zero attached hydrogens (tertiary/aromatic N) is 2. The van der Waals surface area contributed by atoms with Crippen molar-refractivity contribution in [1.82, 2.24) is 10.2 Å². The molecule has 1 heterocycles. The Balaban J connectivity index is 2.43. The summed E-state index contributed by atoms with van der Waals surface area (Å²) in [7, 11) is -3.75. The van der Waals surface area contributed by atoms with Crippen LogP contribution < -0.4 is 0 Å². The molecule has 2 rings (SSSR count). The van der Waals surface area contributed by atoms with E-state index in [1.54, 1.807) is 13.8 Å². The van der Waals surface area contributed by atoms with E-state index in [0.717, 1.165) is 6.07 Å². The summed E-state index contributed by atoms with van der Waals surface area (Å²) in [5.41, 5.74) is 0.377. The third kappa shape index (κ3) is 2.85. The van der Waals surface area contributed by atoms with Crippen molar-refractivity contribution in [2.45, 2.75) is 24.5 Å². The predicted octanol–water partition coefficient (Wildman–Crippen LogP) is 1.36. The molecule has 0 radical (unpaired) electrons. The van der Waals surface area contributed by atoms with Crippen molar-refractivity contribution in [2.24, 2.45) is 0 Å². The molecule has 0 spiro atoms. The molecular formula is C12H12N2O5S. The van der Waals surface area contributed by atoms with Gasteiger partial charge in [-0.1, -0.05) is 6.07 Å². The summed E-state index contributed by atoms with van der Waals surface area (Å²) < 4.78 is 29.6. The molecule has 20 heavy (non-hydrogen) atoms. The number of carboxylic acid groups (broad SMARTS) is 1. The first-order valence-corrected chi connectivity index (χ1v) is 7.30. The van der Waals surface area contributed by atoms with Gasteiger partial charge in [-0.2, -0.15) is 0 Å². The van der Waals surface area contributed by atoms with Crippen LogP contribution in [0.2, 0.25) is 0 Å². The molecule has 1 aromatic carbocycles. The topological polar surface area (TPSA) is 110 Å². The molecule has 0 aliphatic carbocycles. The molecule has 0 aliphatic heterocycles. The lowest BCUT2D eigenvalue weighted by Crippen LogP contribution is -2.09. The third-order valence-corrected chi connectivity index (χ3v) is 4.39. The van der Waals surface area contributed by atoms with Crippen LogP contribution in [-0.4, -0.2) is 29.7 Å². The Hall–Kier alpha value is -2.22. The first-order chi connectivity index (χ1) is 9.29. The van der Waals surface area contributed by atoms with Crippen molar-refractivity contribution in [2.75, 3.05) is 0 Å². The molecule has 0 amide bonds. The Morgan fingerprint density at radius 3 is 2.55 bits per heavy atom. The quantitative estimate of drug-likeness (QED) is 0.906. The van der Waals surface area contributed by atoms with Gasteiger partial charge in [0, 0.05) is 6.92 Å². The summed E-state index contributed by atoms with van der Waals surface area (Å²) in [6, 6.07) is 3.94. The monoisotopic (exact) mass is 296 g/mol. The Morgan fingerprint density at radius 1 is 1.30 bits per heavy atom. The van der Waals surface area contributed by atoms with E-state index in [9.17, 15) is 13.2 Å². The Labute approximate surface area is 115 Å². The van der Waals surface area contributed by atoms with Gasteiger partial charge in [0.25, 0.3) is 0 Å². The fraction of sp³-hybridized carbons (Fsp3) is 0.250. The molecule has 0 saturated carbocycles. The van der Waals surface area contributed by atoms with Gasteiger partial charge in [-0.3, -0.25) is 0 Å². The van der Waals surface area contributed by atoms with Crippen molar-refractivity contribution in [3.05, 3.63) is 41.1 Å². The minimum atomic E-state index is -3.75. The molecule has 1 N–H and O–H groups in total. The lowest BCUT2D eigenvalue weighted by molar-refractivity contribution is 0.0696.